The average molecular weight is 182 g/mol. The van der Waals surface area contributed by atoms with Crippen LogP contribution < -0.4 is 15.3 Å². The molecule has 0 amide bonds. The molecule has 0 aromatic carbocycles. The van der Waals surface area contributed by atoms with E-state index < -0.39 is 0 Å². The molecule has 0 aliphatic rings. The van der Waals surface area contributed by atoms with Crippen molar-refractivity contribution in [3.63, 3.8) is 0 Å². The van der Waals surface area contributed by atoms with Crippen LogP contribution in [0.1, 0.15) is 0 Å². The quantitative estimate of drug-likeness (QED) is 0.280. The second-order valence-corrected chi connectivity index (χ2v) is 0.274. The summed E-state index contributed by atoms with van der Waals surface area (Å²) >= 11 is 0. The zero-order chi connectivity index (χ0) is 8.12. The van der Waals surface area contributed by atoms with E-state index in [0.29, 0.717) is 18.8 Å². The summed E-state index contributed by atoms with van der Waals surface area (Å²) in [5.41, 5.74) is 0. The maximum Gasteiger partial charge on any atom is 3.00 e. The molecule has 10 heavy (non-hydrogen) atoms. The first-order chi connectivity index (χ1) is 4.24. The van der Waals surface area contributed by atoms with E-state index in [1.54, 1.807) is 0 Å². The minimum absolute atomic E-state index is 0. The van der Waals surface area contributed by atoms with Gasteiger partial charge in [0.25, 0.3) is 0 Å². The molecular formula is C3FeN3O3. The second kappa shape index (κ2) is 156. The Morgan fingerprint density at radius 3 is 0.700 bits per heavy atom. The van der Waals surface area contributed by atoms with Gasteiger partial charge in [-0.15, -0.1) is 0 Å². The molecule has 0 unspecified atom stereocenters. The van der Waals surface area contributed by atoms with Crippen molar-refractivity contribution in [2.24, 2.45) is 0 Å². The Morgan fingerprint density at radius 2 is 0.700 bits per heavy atom. The van der Waals surface area contributed by atoms with Crippen LogP contribution in [0.25, 0.3) is 0 Å². The van der Waals surface area contributed by atoms with E-state index in [4.69, 9.17) is 31.1 Å². The van der Waals surface area contributed by atoms with Crippen molar-refractivity contribution in [2.75, 3.05) is 0 Å². The summed E-state index contributed by atoms with van der Waals surface area (Å²) in [5.74, 6) is 0. The molecule has 0 atom stereocenters. The minimum Gasteiger partial charge on any atom is -0.812 e. The Hall–Kier alpha value is -1.61. The van der Waals surface area contributed by atoms with E-state index in [2.05, 4.69) is 0 Å². The molecule has 7 heteroatoms. The zero-order valence-electron chi connectivity index (χ0n) is 4.42. The summed E-state index contributed by atoms with van der Waals surface area (Å²) < 4.78 is 0. The van der Waals surface area contributed by atoms with Crippen LogP contribution in [-0.2, 0) is 17.1 Å². The van der Waals surface area contributed by atoms with Gasteiger partial charge in [0, 0.05) is 18.8 Å². The number of nitriles is 3. The van der Waals surface area contributed by atoms with E-state index in [1.165, 1.54) is 0 Å². The van der Waals surface area contributed by atoms with Crippen molar-refractivity contribution in [1.82, 2.24) is 0 Å². The molecule has 0 aliphatic carbocycles. The second-order valence-electron chi connectivity index (χ2n) is 0.274. The average Bonchev–Trinajstić information content (AvgIpc) is 1.70. The minimum atomic E-state index is 0. The fourth-order valence-electron chi connectivity index (χ4n) is 0. The Bertz CT molecular complexity index is 112. The van der Waals surface area contributed by atoms with Crippen LogP contribution in [0.15, 0.2) is 0 Å². The predicted molar refractivity (Wildman–Crippen MR) is 16.8 cm³/mol. The molecule has 0 fully saturated rings. The van der Waals surface area contributed by atoms with Gasteiger partial charge in [-0.1, -0.05) is 0 Å². The Labute approximate surface area is 67.6 Å². The van der Waals surface area contributed by atoms with Gasteiger partial charge in [0.1, 0.15) is 0 Å². The van der Waals surface area contributed by atoms with Crippen LogP contribution in [0.4, 0.5) is 0 Å². The van der Waals surface area contributed by atoms with Gasteiger partial charge >= 0.3 is 17.1 Å². The molecule has 0 aromatic rings. The van der Waals surface area contributed by atoms with Gasteiger partial charge in [-0.3, -0.25) is 0 Å². The van der Waals surface area contributed by atoms with Crippen LogP contribution in [0.3, 0.4) is 0 Å². The molecule has 0 aromatic heterocycles. The standard InChI is InChI=1S/3CHNO.Fe/c3*2-1-3;/h3*3H;/q;;;+3/p-3. The topological polar surface area (TPSA) is 141 Å². The van der Waals surface area contributed by atoms with Gasteiger partial charge < -0.3 is 15.3 Å². The van der Waals surface area contributed by atoms with Crippen molar-refractivity contribution in [1.29, 1.82) is 15.8 Å². The molecule has 0 aliphatic heterocycles. The first-order valence-electron chi connectivity index (χ1n) is 1.28. The SMILES string of the molecule is N#C[O-].N#C[O-].N#C[O-].[Fe+3]. The van der Waals surface area contributed by atoms with Gasteiger partial charge in [0.2, 0.25) is 0 Å². The summed E-state index contributed by atoms with van der Waals surface area (Å²) in [6.45, 7) is 0. The maximum atomic E-state index is 8.24. The molecule has 6 nitrogen and oxygen atoms in total. The van der Waals surface area contributed by atoms with Crippen molar-refractivity contribution in [2.45, 2.75) is 0 Å². The first-order valence-corrected chi connectivity index (χ1v) is 1.28. The van der Waals surface area contributed by atoms with Gasteiger partial charge in [0.15, 0.2) is 0 Å². The molecular weight excluding hydrogens is 182 g/mol. The fourth-order valence-corrected chi connectivity index (χ4v) is 0. The first kappa shape index (κ1) is 23.8. The van der Waals surface area contributed by atoms with E-state index in [-0.39, 0.29) is 17.1 Å². The molecule has 0 saturated carbocycles. The Balaban J connectivity index is -0.0000000257. The van der Waals surface area contributed by atoms with Crippen molar-refractivity contribution in [3.05, 3.63) is 0 Å². The largest absolute Gasteiger partial charge is 3.00 e. The third-order valence-electron chi connectivity index (χ3n) is 0. The normalized spacial score (nSPS) is 2.10. The molecule has 0 N–H and O–H groups in total. The van der Waals surface area contributed by atoms with E-state index in [1.807, 2.05) is 0 Å². The summed E-state index contributed by atoms with van der Waals surface area (Å²) in [6, 6.07) is 0. The van der Waals surface area contributed by atoms with Crippen LogP contribution >= 0.6 is 0 Å². The maximum absolute atomic E-state index is 8.24. The van der Waals surface area contributed by atoms with E-state index in [9.17, 15) is 0 Å². The van der Waals surface area contributed by atoms with Crippen molar-refractivity contribution in [3.8, 4) is 18.8 Å². The third-order valence-corrected chi connectivity index (χ3v) is 0. The zero-order valence-corrected chi connectivity index (χ0v) is 5.52. The Morgan fingerprint density at radius 1 is 0.700 bits per heavy atom. The summed E-state index contributed by atoms with van der Waals surface area (Å²) in [7, 11) is 0. The van der Waals surface area contributed by atoms with Crippen LogP contribution in [-0.4, -0.2) is 0 Å². The summed E-state index contributed by atoms with van der Waals surface area (Å²) in [4.78, 5) is 0. The van der Waals surface area contributed by atoms with Crippen LogP contribution in [0.2, 0.25) is 0 Å². The fraction of sp³-hybridized carbons (Fsp3) is 0. The van der Waals surface area contributed by atoms with E-state index >= 15 is 0 Å². The van der Waals surface area contributed by atoms with Gasteiger partial charge in [0.05, 0.1) is 0 Å². The molecule has 0 spiro atoms. The number of nitrogens with zero attached hydrogens (tertiary/aromatic N) is 3. The molecule has 0 heterocycles. The van der Waals surface area contributed by atoms with Gasteiger partial charge in [-0.25, -0.2) is 15.8 Å². The van der Waals surface area contributed by atoms with Crippen LogP contribution in [0, 0.1) is 34.6 Å². The summed E-state index contributed by atoms with van der Waals surface area (Å²) in [6.07, 6.45) is 1.50. The van der Waals surface area contributed by atoms with Gasteiger partial charge in [-0.05, 0) is 0 Å². The Kier molecular flexibility index (Phi) is 372. The van der Waals surface area contributed by atoms with Crippen molar-refractivity contribution >= 4 is 0 Å². The smallest absolute Gasteiger partial charge is 0.812 e. The van der Waals surface area contributed by atoms with E-state index in [0.717, 1.165) is 0 Å². The van der Waals surface area contributed by atoms with Crippen molar-refractivity contribution < 1.29 is 32.4 Å². The van der Waals surface area contributed by atoms with Crippen LogP contribution in [0.5, 0.6) is 0 Å². The molecule has 1 radical (unpaired) electrons. The number of hydrogen-bond acceptors (Lipinski definition) is 6. The van der Waals surface area contributed by atoms with Gasteiger partial charge in [-0.2, -0.15) is 0 Å². The number of rotatable bonds is 0. The molecule has 53 valence electrons. The summed E-state index contributed by atoms with van der Waals surface area (Å²) in [5, 5.41) is 45.0. The molecule has 0 bridgehead atoms. The molecule has 0 saturated heterocycles. The monoisotopic (exact) mass is 182 g/mol. The third kappa shape index (κ3) is 71.6. The molecule has 0 rings (SSSR count). The number of hydrogen-bond donors (Lipinski definition) is 0. The predicted octanol–water partition coefficient (Wildman–Crippen LogP) is -3.52.